The van der Waals surface area contributed by atoms with Crippen molar-refractivity contribution in [1.29, 1.82) is 0 Å². The van der Waals surface area contributed by atoms with Crippen LogP contribution in [0.1, 0.15) is 51.9 Å². The second-order valence-corrected chi connectivity index (χ2v) is 12.4. The third-order valence-electron chi connectivity index (χ3n) is 8.23. The molecule has 4 atom stereocenters. The minimum absolute atomic E-state index is 0.0248. The van der Waals surface area contributed by atoms with Gasteiger partial charge in [0, 0.05) is 23.8 Å². The summed E-state index contributed by atoms with van der Waals surface area (Å²) in [5.74, 6) is -12.0. The number of carbonyl (C=O) groups is 1. The fourth-order valence-electron chi connectivity index (χ4n) is 5.50. The van der Waals surface area contributed by atoms with E-state index in [0.29, 0.717) is 16.5 Å². The van der Waals surface area contributed by atoms with Gasteiger partial charge in [-0.1, -0.05) is 85.4 Å². The molecule has 8 nitrogen and oxygen atoms in total. The summed E-state index contributed by atoms with van der Waals surface area (Å²) >= 11 is 1.49. The lowest BCUT2D eigenvalue weighted by Gasteiger charge is -2.41. The molecular formula is C35H29F5N4O4S. The topological polar surface area (TPSA) is 109 Å². The molecular weight excluding hydrogens is 667 g/mol. The molecule has 3 N–H and O–H groups in total. The zero-order valence-corrected chi connectivity index (χ0v) is 26.6. The lowest BCUT2D eigenvalue weighted by Crippen LogP contribution is -2.38. The van der Waals surface area contributed by atoms with Gasteiger partial charge in [-0.2, -0.15) is 5.10 Å². The number of halogens is 5. The number of aliphatic hydroxyl groups excluding tert-OH is 1. The predicted molar refractivity (Wildman–Crippen MR) is 169 cm³/mol. The van der Waals surface area contributed by atoms with Crippen LogP contribution in [0.15, 0.2) is 84.3 Å². The number of rotatable bonds is 10. The Morgan fingerprint density at radius 3 is 2.18 bits per heavy atom. The third kappa shape index (κ3) is 7.37. The highest BCUT2D eigenvalue weighted by atomic mass is 32.2. The number of aromatic amines is 1. The van der Waals surface area contributed by atoms with E-state index < -0.39 is 46.8 Å². The maximum Gasteiger partial charge on any atom is 0.257 e. The van der Waals surface area contributed by atoms with E-state index in [1.165, 1.54) is 18.1 Å². The summed E-state index contributed by atoms with van der Waals surface area (Å²) in [5, 5.41) is 19.1. The van der Waals surface area contributed by atoms with Gasteiger partial charge in [0.25, 0.3) is 5.91 Å². The highest BCUT2D eigenvalue weighted by molar-refractivity contribution is 7.99. The summed E-state index contributed by atoms with van der Waals surface area (Å²) in [4.78, 5) is 16.6. The summed E-state index contributed by atoms with van der Waals surface area (Å²) in [6, 6.07) is 22.0. The summed E-state index contributed by atoms with van der Waals surface area (Å²) in [6.45, 7) is 1.76. The van der Waals surface area contributed by atoms with Crippen molar-refractivity contribution in [2.75, 3.05) is 5.75 Å². The van der Waals surface area contributed by atoms with Crippen molar-refractivity contribution in [1.82, 2.24) is 20.5 Å². The van der Waals surface area contributed by atoms with Crippen LogP contribution in [0.5, 0.6) is 0 Å². The molecule has 1 saturated heterocycles. The van der Waals surface area contributed by atoms with E-state index in [-0.39, 0.29) is 31.3 Å². The molecule has 4 aromatic carbocycles. The van der Waals surface area contributed by atoms with E-state index in [2.05, 4.69) is 27.4 Å². The smallest absolute Gasteiger partial charge is 0.257 e. The number of thioether (sulfide) groups is 1. The molecule has 49 heavy (non-hydrogen) atoms. The minimum atomic E-state index is -2.34. The zero-order valence-electron chi connectivity index (χ0n) is 25.8. The Hall–Kier alpha value is -4.63. The number of nitrogens with one attached hydrogen (secondary N) is 2. The molecule has 5 aromatic rings. The van der Waals surface area contributed by atoms with Crippen molar-refractivity contribution < 1.29 is 41.3 Å². The fourth-order valence-corrected chi connectivity index (χ4v) is 6.45. The number of ether oxygens (including phenoxy) is 2. The predicted octanol–water partition coefficient (Wildman–Crippen LogP) is 7.17. The zero-order chi connectivity index (χ0) is 34.7. The molecule has 1 fully saturated rings. The highest BCUT2D eigenvalue weighted by Gasteiger charge is 2.38. The molecule has 0 radical (unpaired) electrons. The number of hydrogen-bond donors (Lipinski definition) is 3. The SMILES string of the molecule is C[C@@H]1[C@H](CSc2ncn[nH]2)O[C@H](c2ccc(-c3cccc(CNC(=O)c4c(F)c(F)c(F)c(F)c4F)c3)cc2)O[C@@H]1c1ccc(CO)cc1. The maximum absolute atomic E-state index is 14.1. The van der Waals surface area contributed by atoms with Crippen molar-refractivity contribution in [3.05, 3.63) is 136 Å². The Bertz CT molecular complexity index is 1900. The Morgan fingerprint density at radius 1 is 0.857 bits per heavy atom. The average molecular weight is 697 g/mol. The summed E-state index contributed by atoms with van der Waals surface area (Å²) in [7, 11) is 0. The Balaban J connectivity index is 1.17. The van der Waals surface area contributed by atoms with E-state index in [1.54, 1.807) is 18.2 Å². The van der Waals surface area contributed by atoms with Gasteiger partial charge in [-0.05, 0) is 33.9 Å². The number of aromatic nitrogens is 3. The number of carbonyl (C=O) groups excluding carboxylic acids is 1. The van der Waals surface area contributed by atoms with Crippen LogP contribution in [-0.4, -0.2) is 38.1 Å². The molecule has 1 aliphatic rings. The fraction of sp³-hybridized carbons (Fsp3) is 0.229. The lowest BCUT2D eigenvalue weighted by molar-refractivity contribution is -0.268. The van der Waals surface area contributed by atoms with Gasteiger partial charge < -0.3 is 19.9 Å². The summed E-state index contributed by atoms with van der Waals surface area (Å²) in [6.07, 6.45) is 0.228. The van der Waals surface area contributed by atoms with Crippen LogP contribution >= 0.6 is 11.8 Å². The number of aliphatic hydroxyl groups is 1. The van der Waals surface area contributed by atoms with Crippen LogP contribution < -0.4 is 5.32 Å². The molecule has 14 heteroatoms. The van der Waals surface area contributed by atoms with E-state index in [1.807, 2.05) is 54.6 Å². The number of hydrogen-bond acceptors (Lipinski definition) is 7. The molecule has 1 aromatic heterocycles. The highest BCUT2D eigenvalue weighted by Crippen LogP contribution is 2.43. The van der Waals surface area contributed by atoms with Crippen molar-refractivity contribution >= 4 is 17.7 Å². The first kappa shape index (κ1) is 34.2. The largest absolute Gasteiger partial charge is 0.392 e. The van der Waals surface area contributed by atoms with Gasteiger partial charge in [0.05, 0.1) is 18.8 Å². The lowest BCUT2D eigenvalue weighted by atomic mass is 9.91. The molecule has 2 heterocycles. The molecule has 6 rings (SSSR count). The van der Waals surface area contributed by atoms with Crippen LogP contribution in [-0.2, 0) is 22.6 Å². The molecule has 1 aliphatic heterocycles. The second kappa shape index (κ2) is 14.9. The second-order valence-electron chi connectivity index (χ2n) is 11.4. The first-order chi connectivity index (χ1) is 23.6. The normalized spacial score (nSPS) is 19.2. The third-order valence-corrected chi connectivity index (χ3v) is 9.20. The number of benzene rings is 4. The first-order valence-corrected chi connectivity index (χ1v) is 16.1. The Morgan fingerprint density at radius 2 is 1.53 bits per heavy atom. The minimum Gasteiger partial charge on any atom is -0.392 e. The average Bonchev–Trinajstić information content (AvgIpc) is 3.66. The van der Waals surface area contributed by atoms with Gasteiger partial charge in [-0.15, -0.1) is 0 Å². The summed E-state index contributed by atoms with van der Waals surface area (Å²) in [5.41, 5.74) is 3.04. The standard InChI is InChI=1S/C35H29F5N4O4S/c1-18-25(16-49-35-42-17-43-44-35)47-34(48-32(18)22-7-5-19(15-45)6-8-22)23-11-9-21(10-12-23)24-4-2-3-20(13-24)14-41-33(46)26-27(36)29(38)31(40)30(39)28(26)37/h2-13,17-18,25,32,34,45H,14-16H2,1H3,(H,41,46)(H,42,43,44)/t18-,25+,32+,34+/m1/s1. The summed E-state index contributed by atoms with van der Waals surface area (Å²) < 4.78 is 81.7. The first-order valence-electron chi connectivity index (χ1n) is 15.1. The van der Waals surface area contributed by atoms with E-state index >= 15 is 0 Å². The van der Waals surface area contributed by atoms with Gasteiger partial charge in [0.1, 0.15) is 11.9 Å². The Kier molecular flexibility index (Phi) is 10.4. The molecule has 0 spiro atoms. The van der Waals surface area contributed by atoms with Gasteiger partial charge in [0.15, 0.2) is 34.7 Å². The van der Waals surface area contributed by atoms with Crippen LogP contribution in [0.2, 0.25) is 0 Å². The molecule has 254 valence electrons. The van der Waals surface area contributed by atoms with Crippen LogP contribution in [0, 0.1) is 35.0 Å². The number of nitrogens with zero attached hydrogens (tertiary/aromatic N) is 2. The van der Waals surface area contributed by atoms with Crippen LogP contribution in [0.25, 0.3) is 11.1 Å². The number of H-pyrrole nitrogens is 1. The van der Waals surface area contributed by atoms with E-state index in [9.17, 15) is 31.9 Å². The van der Waals surface area contributed by atoms with Crippen molar-refractivity contribution in [2.24, 2.45) is 5.92 Å². The monoisotopic (exact) mass is 696 g/mol. The molecule has 0 bridgehead atoms. The van der Waals surface area contributed by atoms with Crippen molar-refractivity contribution in [2.45, 2.75) is 43.7 Å². The maximum atomic E-state index is 14.1. The van der Waals surface area contributed by atoms with Gasteiger partial charge in [0.2, 0.25) is 5.82 Å². The molecule has 0 saturated carbocycles. The van der Waals surface area contributed by atoms with Gasteiger partial charge in [-0.3, -0.25) is 9.89 Å². The van der Waals surface area contributed by atoms with E-state index in [0.717, 1.165) is 27.8 Å². The number of amides is 1. The van der Waals surface area contributed by atoms with E-state index in [4.69, 9.17) is 9.47 Å². The quantitative estimate of drug-likeness (QED) is 0.0615. The molecule has 0 aliphatic carbocycles. The van der Waals surface area contributed by atoms with Gasteiger partial charge >= 0.3 is 0 Å². The molecule has 1 amide bonds. The van der Waals surface area contributed by atoms with Crippen LogP contribution in [0.3, 0.4) is 0 Å². The Labute approximate surface area is 281 Å². The van der Waals surface area contributed by atoms with Crippen molar-refractivity contribution in [3.8, 4) is 11.1 Å². The van der Waals surface area contributed by atoms with Crippen LogP contribution in [0.4, 0.5) is 22.0 Å². The van der Waals surface area contributed by atoms with Gasteiger partial charge in [-0.25, -0.2) is 26.9 Å². The molecule has 0 unspecified atom stereocenters. The van der Waals surface area contributed by atoms with Crippen molar-refractivity contribution in [3.63, 3.8) is 0 Å².